The van der Waals surface area contributed by atoms with E-state index in [-0.39, 0.29) is 5.91 Å². The lowest BCUT2D eigenvalue weighted by Gasteiger charge is -2.12. The molecular formula is C14H15BrN2OS. The lowest BCUT2D eigenvalue weighted by atomic mass is 10.2. The molecule has 3 nitrogen and oxygen atoms in total. The summed E-state index contributed by atoms with van der Waals surface area (Å²) >= 11 is 4.80. The monoisotopic (exact) mass is 338 g/mol. The van der Waals surface area contributed by atoms with Crippen molar-refractivity contribution in [2.75, 3.05) is 19.0 Å². The van der Waals surface area contributed by atoms with Gasteiger partial charge >= 0.3 is 0 Å². The second-order valence-electron chi connectivity index (χ2n) is 4.34. The quantitative estimate of drug-likeness (QED) is 0.925. The van der Waals surface area contributed by atoms with Crippen LogP contribution in [0, 0.1) is 0 Å². The second kappa shape index (κ2) is 6.21. The third-order valence-electron chi connectivity index (χ3n) is 2.73. The summed E-state index contributed by atoms with van der Waals surface area (Å²) in [5.41, 5.74) is 2.24. The van der Waals surface area contributed by atoms with Crippen LogP contribution in [-0.2, 0) is 6.54 Å². The van der Waals surface area contributed by atoms with E-state index in [0.717, 1.165) is 15.7 Å². The van der Waals surface area contributed by atoms with E-state index in [1.807, 2.05) is 54.7 Å². The van der Waals surface area contributed by atoms with Gasteiger partial charge in [-0.1, -0.05) is 12.1 Å². The van der Waals surface area contributed by atoms with Gasteiger partial charge in [-0.25, -0.2) is 0 Å². The van der Waals surface area contributed by atoms with Crippen molar-refractivity contribution in [1.82, 2.24) is 5.32 Å². The Morgan fingerprint density at radius 1 is 1.26 bits per heavy atom. The van der Waals surface area contributed by atoms with E-state index in [9.17, 15) is 4.79 Å². The van der Waals surface area contributed by atoms with Gasteiger partial charge in [0.2, 0.25) is 0 Å². The average molecular weight is 339 g/mol. The zero-order valence-electron chi connectivity index (χ0n) is 10.8. The van der Waals surface area contributed by atoms with E-state index in [1.54, 1.807) is 0 Å². The number of halogens is 1. The highest BCUT2D eigenvalue weighted by Crippen LogP contribution is 2.22. The Bertz CT molecular complexity index is 563. The summed E-state index contributed by atoms with van der Waals surface area (Å²) in [7, 11) is 4.01. The van der Waals surface area contributed by atoms with E-state index >= 15 is 0 Å². The Labute approximate surface area is 125 Å². The Balaban J connectivity index is 1.95. The van der Waals surface area contributed by atoms with Gasteiger partial charge in [0, 0.05) is 30.8 Å². The molecule has 100 valence electrons. The number of nitrogens with zero attached hydrogens (tertiary/aromatic N) is 1. The number of benzene rings is 1. The predicted octanol–water partition coefficient (Wildman–Crippen LogP) is 3.51. The number of anilines is 1. The number of carbonyl (C=O) groups is 1. The minimum Gasteiger partial charge on any atom is -0.378 e. The molecule has 5 heteroatoms. The van der Waals surface area contributed by atoms with E-state index in [2.05, 4.69) is 21.2 Å². The maximum atomic E-state index is 11.9. The summed E-state index contributed by atoms with van der Waals surface area (Å²) in [4.78, 5) is 14.7. The third kappa shape index (κ3) is 3.58. The number of hydrogen-bond acceptors (Lipinski definition) is 3. The lowest BCUT2D eigenvalue weighted by Crippen LogP contribution is -2.22. The van der Waals surface area contributed by atoms with Crippen LogP contribution in [-0.4, -0.2) is 20.0 Å². The first-order valence-electron chi connectivity index (χ1n) is 5.85. The van der Waals surface area contributed by atoms with Gasteiger partial charge in [-0.05, 0) is 45.1 Å². The molecule has 2 aromatic rings. The van der Waals surface area contributed by atoms with Crippen LogP contribution in [0.25, 0.3) is 0 Å². The summed E-state index contributed by atoms with van der Waals surface area (Å²) in [6.07, 6.45) is 0. The topological polar surface area (TPSA) is 32.3 Å². The Morgan fingerprint density at radius 2 is 1.95 bits per heavy atom. The van der Waals surface area contributed by atoms with E-state index in [4.69, 9.17) is 0 Å². The van der Waals surface area contributed by atoms with E-state index < -0.39 is 0 Å². The Hall–Kier alpha value is -1.33. The molecule has 0 aliphatic heterocycles. The number of amides is 1. The number of hydrogen-bond donors (Lipinski definition) is 1. The highest BCUT2D eigenvalue weighted by molar-refractivity contribution is 9.10. The summed E-state index contributed by atoms with van der Waals surface area (Å²) in [5.74, 6) is -0.0430. The number of thiophene rings is 1. The fourth-order valence-electron chi connectivity index (χ4n) is 1.63. The average Bonchev–Trinajstić information content (AvgIpc) is 2.83. The Morgan fingerprint density at radius 3 is 2.47 bits per heavy atom. The maximum Gasteiger partial charge on any atom is 0.262 e. The normalized spacial score (nSPS) is 10.3. The fourth-order valence-corrected chi connectivity index (χ4v) is 3.10. The van der Waals surface area contributed by atoms with Gasteiger partial charge in [-0.15, -0.1) is 11.3 Å². The van der Waals surface area contributed by atoms with Crippen LogP contribution < -0.4 is 10.2 Å². The number of carbonyl (C=O) groups excluding carboxylic acids is 1. The van der Waals surface area contributed by atoms with Crippen LogP contribution >= 0.6 is 27.3 Å². The molecule has 0 aliphatic carbocycles. The largest absolute Gasteiger partial charge is 0.378 e. The molecule has 19 heavy (non-hydrogen) atoms. The predicted molar refractivity (Wildman–Crippen MR) is 84.0 cm³/mol. The zero-order chi connectivity index (χ0) is 13.8. The van der Waals surface area contributed by atoms with Crippen LogP contribution in [0.15, 0.2) is 40.2 Å². The summed E-state index contributed by atoms with van der Waals surface area (Å²) < 4.78 is 0.845. The molecule has 1 aromatic carbocycles. The summed E-state index contributed by atoms with van der Waals surface area (Å²) in [5, 5.41) is 4.81. The van der Waals surface area contributed by atoms with Crippen LogP contribution in [0.5, 0.6) is 0 Å². The van der Waals surface area contributed by atoms with Crippen molar-refractivity contribution in [3.63, 3.8) is 0 Å². The van der Waals surface area contributed by atoms with Crippen molar-refractivity contribution in [2.45, 2.75) is 6.54 Å². The van der Waals surface area contributed by atoms with Crippen molar-refractivity contribution in [2.24, 2.45) is 0 Å². The van der Waals surface area contributed by atoms with Gasteiger partial charge in [0.1, 0.15) is 4.88 Å². The van der Waals surface area contributed by atoms with E-state index in [0.29, 0.717) is 11.4 Å². The minimum absolute atomic E-state index is 0.0430. The zero-order valence-corrected chi connectivity index (χ0v) is 13.2. The van der Waals surface area contributed by atoms with Gasteiger partial charge < -0.3 is 10.2 Å². The van der Waals surface area contributed by atoms with Crippen LogP contribution in [0.2, 0.25) is 0 Å². The van der Waals surface area contributed by atoms with Gasteiger partial charge in [0.25, 0.3) is 5.91 Å². The lowest BCUT2D eigenvalue weighted by molar-refractivity contribution is 0.0954. The maximum absolute atomic E-state index is 11.9. The number of rotatable bonds is 4. The van der Waals surface area contributed by atoms with Crippen molar-refractivity contribution in [3.8, 4) is 0 Å². The molecule has 1 amide bonds. The molecule has 2 rings (SSSR count). The molecule has 0 saturated carbocycles. The first-order valence-corrected chi connectivity index (χ1v) is 7.52. The molecule has 0 spiro atoms. The van der Waals surface area contributed by atoms with Gasteiger partial charge in [0.15, 0.2) is 0 Å². The smallest absolute Gasteiger partial charge is 0.262 e. The number of nitrogens with one attached hydrogen (secondary N) is 1. The first kappa shape index (κ1) is 14.1. The van der Waals surface area contributed by atoms with Crippen molar-refractivity contribution in [3.05, 3.63) is 50.6 Å². The first-order chi connectivity index (χ1) is 9.08. The molecular weight excluding hydrogens is 324 g/mol. The van der Waals surface area contributed by atoms with Crippen LogP contribution in [0.1, 0.15) is 15.2 Å². The molecule has 0 fully saturated rings. The Kier molecular flexibility index (Phi) is 4.61. The van der Waals surface area contributed by atoms with Crippen LogP contribution in [0.4, 0.5) is 5.69 Å². The molecule has 0 saturated heterocycles. The molecule has 1 heterocycles. The molecule has 0 radical (unpaired) electrons. The fraction of sp³-hybridized carbons (Fsp3) is 0.214. The second-order valence-corrected chi connectivity index (χ2v) is 6.11. The molecule has 1 aromatic heterocycles. The molecule has 0 atom stereocenters. The van der Waals surface area contributed by atoms with Gasteiger partial charge in [-0.2, -0.15) is 0 Å². The van der Waals surface area contributed by atoms with E-state index in [1.165, 1.54) is 11.3 Å². The van der Waals surface area contributed by atoms with Crippen LogP contribution in [0.3, 0.4) is 0 Å². The highest BCUT2D eigenvalue weighted by Gasteiger charge is 2.10. The molecule has 0 aliphatic rings. The van der Waals surface area contributed by atoms with Crippen molar-refractivity contribution in [1.29, 1.82) is 0 Å². The molecule has 0 bridgehead atoms. The van der Waals surface area contributed by atoms with Crippen molar-refractivity contribution >= 4 is 38.9 Å². The van der Waals surface area contributed by atoms with Crippen molar-refractivity contribution < 1.29 is 4.79 Å². The third-order valence-corrected chi connectivity index (χ3v) is 4.57. The minimum atomic E-state index is -0.0430. The van der Waals surface area contributed by atoms with Gasteiger partial charge in [-0.3, -0.25) is 4.79 Å². The highest BCUT2D eigenvalue weighted by atomic mass is 79.9. The van der Waals surface area contributed by atoms with Gasteiger partial charge in [0.05, 0.1) is 0 Å². The molecule has 0 unspecified atom stereocenters. The summed E-state index contributed by atoms with van der Waals surface area (Å²) in [6, 6.07) is 10.0. The molecule has 1 N–H and O–H groups in total. The SMILES string of the molecule is CN(C)c1ccc(CNC(=O)c2sccc2Br)cc1. The summed E-state index contributed by atoms with van der Waals surface area (Å²) in [6.45, 7) is 0.539. The standard InChI is InChI=1S/C14H15BrN2OS/c1-17(2)11-5-3-10(4-6-11)9-16-14(18)13-12(15)7-8-19-13/h3-8H,9H2,1-2H3,(H,16,18).